The van der Waals surface area contributed by atoms with Crippen LogP contribution >= 0.6 is 11.3 Å². The van der Waals surface area contributed by atoms with Crippen molar-refractivity contribution in [2.24, 2.45) is 0 Å². The number of nitrogens with zero attached hydrogens (tertiary/aromatic N) is 3. The van der Waals surface area contributed by atoms with Crippen molar-refractivity contribution >= 4 is 75.0 Å². The van der Waals surface area contributed by atoms with Gasteiger partial charge in [0, 0.05) is 41.9 Å². The molecule has 3 nitrogen and oxygen atoms in total. The molecule has 0 spiro atoms. The van der Waals surface area contributed by atoms with Gasteiger partial charge in [-0.1, -0.05) is 91.0 Å². The van der Waals surface area contributed by atoms with Crippen LogP contribution in [-0.4, -0.2) is 14.5 Å². The summed E-state index contributed by atoms with van der Waals surface area (Å²) >= 11 is 1.87. The third-order valence-electron chi connectivity index (χ3n) is 7.97. The van der Waals surface area contributed by atoms with Crippen LogP contribution in [0.3, 0.4) is 0 Å². The van der Waals surface area contributed by atoms with Crippen molar-refractivity contribution in [1.29, 1.82) is 0 Å². The average Bonchev–Trinajstić information content (AvgIpc) is 3.52. The minimum absolute atomic E-state index is 0.688. The summed E-state index contributed by atoms with van der Waals surface area (Å²) in [7, 11) is 0. The molecule has 9 rings (SSSR count). The van der Waals surface area contributed by atoms with Crippen molar-refractivity contribution in [3.63, 3.8) is 0 Å². The highest BCUT2D eigenvalue weighted by Gasteiger charge is 2.19. The van der Waals surface area contributed by atoms with E-state index in [1.807, 2.05) is 23.5 Å². The van der Waals surface area contributed by atoms with Gasteiger partial charge >= 0.3 is 0 Å². The maximum atomic E-state index is 5.24. The van der Waals surface area contributed by atoms with Crippen LogP contribution in [0.15, 0.2) is 127 Å². The Bertz CT molecular complexity index is 2430. The maximum Gasteiger partial charge on any atom is 0.235 e. The second kappa shape index (κ2) is 8.22. The molecule has 0 saturated heterocycles. The minimum Gasteiger partial charge on any atom is -0.278 e. The zero-order chi connectivity index (χ0) is 26.2. The number of fused-ring (bicyclic) bond motifs is 8. The van der Waals surface area contributed by atoms with E-state index in [1.54, 1.807) is 0 Å². The van der Waals surface area contributed by atoms with Crippen molar-refractivity contribution in [3.8, 4) is 17.2 Å². The fourth-order valence-electron chi connectivity index (χ4n) is 6.12. The summed E-state index contributed by atoms with van der Waals surface area (Å²) in [5, 5.41) is 8.58. The molecule has 0 saturated carbocycles. The van der Waals surface area contributed by atoms with E-state index in [2.05, 4.69) is 120 Å². The highest BCUT2D eigenvalue weighted by Crippen LogP contribution is 2.42. The lowest BCUT2D eigenvalue weighted by Crippen LogP contribution is -2.03. The highest BCUT2D eigenvalue weighted by atomic mass is 32.1. The first-order chi connectivity index (χ1) is 19.8. The van der Waals surface area contributed by atoms with Crippen molar-refractivity contribution in [2.75, 3.05) is 0 Å². The molecule has 0 bridgehead atoms. The van der Waals surface area contributed by atoms with Gasteiger partial charge in [0.05, 0.1) is 22.2 Å². The fraction of sp³-hybridized carbons (Fsp3) is 0. The molecule has 6 aromatic carbocycles. The summed E-state index contributed by atoms with van der Waals surface area (Å²) < 4.78 is 4.85. The van der Waals surface area contributed by atoms with E-state index in [1.165, 1.54) is 41.7 Å². The first-order valence-electron chi connectivity index (χ1n) is 13.4. The predicted molar refractivity (Wildman–Crippen MR) is 170 cm³/mol. The lowest BCUT2D eigenvalue weighted by atomic mass is 10.1. The third-order valence-corrected chi connectivity index (χ3v) is 9.09. The Labute approximate surface area is 233 Å². The molecule has 4 heteroatoms. The van der Waals surface area contributed by atoms with E-state index in [0.29, 0.717) is 5.95 Å². The Kier molecular flexibility index (Phi) is 4.48. The number of para-hydroxylation sites is 2. The van der Waals surface area contributed by atoms with Gasteiger partial charge < -0.3 is 0 Å². The van der Waals surface area contributed by atoms with Gasteiger partial charge in [0.15, 0.2) is 0 Å². The van der Waals surface area contributed by atoms with E-state index in [0.717, 1.165) is 33.2 Å². The quantitative estimate of drug-likeness (QED) is 0.224. The Morgan fingerprint density at radius 1 is 0.475 bits per heavy atom. The number of aromatic nitrogens is 3. The van der Waals surface area contributed by atoms with E-state index in [9.17, 15) is 0 Å². The Morgan fingerprint density at radius 2 is 1.15 bits per heavy atom. The van der Waals surface area contributed by atoms with E-state index in [4.69, 9.17) is 9.97 Å². The summed E-state index contributed by atoms with van der Waals surface area (Å²) in [5.74, 6) is 0.688. The van der Waals surface area contributed by atoms with E-state index in [-0.39, 0.29) is 0 Å². The van der Waals surface area contributed by atoms with Gasteiger partial charge in [0.1, 0.15) is 0 Å². The molecule has 0 fully saturated rings. The van der Waals surface area contributed by atoms with Crippen LogP contribution in [0.4, 0.5) is 0 Å². The van der Waals surface area contributed by atoms with Gasteiger partial charge in [0.2, 0.25) is 5.95 Å². The molecule has 0 atom stereocenters. The van der Waals surface area contributed by atoms with E-state index >= 15 is 0 Å². The molecule has 0 aliphatic carbocycles. The van der Waals surface area contributed by atoms with Crippen molar-refractivity contribution in [1.82, 2.24) is 14.5 Å². The summed E-state index contributed by atoms with van der Waals surface area (Å²) in [5.41, 5.74) is 5.20. The molecule has 186 valence electrons. The van der Waals surface area contributed by atoms with Gasteiger partial charge in [0.25, 0.3) is 0 Å². The topological polar surface area (TPSA) is 30.7 Å². The minimum atomic E-state index is 0.688. The summed E-state index contributed by atoms with van der Waals surface area (Å²) in [6.45, 7) is 0. The molecule has 0 unspecified atom stereocenters. The number of hydrogen-bond donors (Lipinski definition) is 0. The Balaban J connectivity index is 1.41. The molecule has 9 aromatic rings. The van der Waals surface area contributed by atoms with Crippen molar-refractivity contribution in [2.45, 2.75) is 0 Å². The van der Waals surface area contributed by atoms with Crippen LogP contribution in [0, 0.1) is 0 Å². The fourth-order valence-corrected chi connectivity index (χ4v) is 7.28. The predicted octanol–water partition coefficient (Wildman–Crippen LogP) is 9.91. The van der Waals surface area contributed by atoms with E-state index < -0.39 is 0 Å². The zero-order valence-electron chi connectivity index (χ0n) is 21.4. The second-order valence-electron chi connectivity index (χ2n) is 10.3. The number of benzene rings is 6. The summed E-state index contributed by atoms with van der Waals surface area (Å²) in [6.07, 6.45) is 0. The summed E-state index contributed by atoms with van der Waals surface area (Å²) in [4.78, 5) is 10.4. The van der Waals surface area contributed by atoms with Crippen molar-refractivity contribution < 1.29 is 0 Å². The normalized spacial score (nSPS) is 12.0. The highest BCUT2D eigenvalue weighted by molar-refractivity contribution is 7.26. The molecule has 0 aliphatic heterocycles. The van der Waals surface area contributed by atoms with Crippen LogP contribution in [0.1, 0.15) is 0 Å². The number of hydrogen-bond acceptors (Lipinski definition) is 3. The SMILES string of the molecule is c1ccc(-c2nc(-n3c4ccccc4c4cc5sc6cc7ccccc7cc6c5cc43)nc3ccccc23)cc1. The molecular weight excluding hydrogens is 506 g/mol. The van der Waals surface area contributed by atoms with Crippen LogP contribution in [0.5, 0.6) is 0 Å². The standard InChI is InChI=1S/C36H21N3S/c1-2-10-22(11-3-1)35-26-15-6-8-16-30(26)37-36(38-35)39-31-17-9-7-14-25(31)27-21-34-29(20-32(27)39)28-18-23-12-4-5-13-24(23)19-33(28)40-34/h1-21H. The molecule has 3 aromatic heterocycles. The molecule has 0 amide bonds. The van der Waals surface area contributed by atoms with Crippen LogP contribution in [0.25, 0.3) is 80.9 Å². The van der Waals surface area contributed by atoms with Gasteiger partial charge in [-0.05, 0) is 47.2 Å². The first kappa shape index (κ1) is 21.8. The maximum absolute atomic E-state index is 5.24. The molecule has 0 radical (unpaired) electrons. The molecule has 0 aliphatic rings. The summed E-state index contributed by atoms with van der Waals surface area (Å²) in [6, 6.07) is 45.3. The zero-order valence-corrected chi connectivity index (χ0v) is 22.2. The van der Waals surface area contributed by atoms with Gasteiger partial charge in [-0.2, -0.15) is 0 Å². The lowest BCUT2D eigenvalue weighted by molar-refractivity contribution is 1.01. The molecular formula is C36H21N3S. The molecule has 3 heterocycles. The number of rotatable bonds is 2. The lowest BCUT2D eigenvalue weighted by Gasteiger charge is -2.11. The Morgan fingerprint density at radius 3 is 2.02 bits per heavy atom. The van der Waals surface area contributed by atoms with Crippen LogP contribution in [-0.2, 0) is 0 Å². The van der Waals surface area contributed by atoms with Gasteiger partial charge in [-0.15, -0.1) is 11.3 Å². The van der Waals surface area contributed by atoms with Gasteiger partial charge in [-0.3, -0.25) is 4.57 Å². The monoisotopic (exact) mass is 527 g/mol. The smallest absolute Gasteiger partial charge is 0.235 e. The molecule has 40 heavy (non-hydrogen) atoms. The second-order valence-corrected chi connectivity index (χ2v) is 11.4. The Hall–Kier alpha value is -5.06. The first-order valence-corrected chi connectivity index (χ1v) is 14.2. The van der Waals surface area contributed by atoms with Crippen molar-refractivity contribution in [3.05, 3.63) is 127 Å². The third kappa shape index (κ3) is 3.11. The largest absolute Gasteiger partial charge is 0.278 e. The average molecular weight is 528 g/mol. The van der Waals surface area contributed by atoms with Gasteiger partial charge in [-0.25, -0.2) is 9.97 Å². The molecule has 0 N–H and O–H groups in total. The van der Waals surface area contributed by atoms with Crippen LogP contribution in [0.2, 0.25) is 0 Å². The van der Waals surface area contributed by atoms with Crippen LogP contribution < -0.4 is 0 Å². The number of thiophene rings is 1.